The summed E-state index contributed by atoms with van der Waals surface area (Å²) in [6.45, 7) is 1.45. The maximum atomic E-state index is 12.1. The molecule has 0 aromatic carbocycles. The van der Waals surface area contributed by atoms with Crippen LogP contribution < -0.4 is 0 Å². The van der Waals surface area contributed by atoms with Gasteiger partial charge in [-0.3, -0.25) is 9.59 Å². The van der Waals surface area contributed by atoms with E-state index in [2.05, 4.69) is 10.0 Å². The molecule has 1 heterocycles. The molecule has 0 bridgehead atoms. The SMILES string of the molecule is [N-]=[N+]=NCC1CC(=O)N(CC2(CC(=O)O)CCCCC2)C1. The molecule has 7 heteroatoms. The highest BCUT2D eigenvalue weighted by molar-refractivity contribution is 5.79. The fourth-order valence-corrected chi connectivity index (χ4v) is 3.70. The van der Waals surface area contributed by atoms with Crippen molar-refractivity contribution in [1.82, 2.24) is 4.90 Å². The summed E-state index contributed by atoms with van der Waals surface area (Å²) in [6.07, 6.45) is 5.53. The molecular formula is C14H22N4O3. The molecule has 1 amide bonds. The molecule has 1 aliphatic carbocycles. The van der Waals surface area contributed by atoms with Gasteiger partial charge < -0.3 is 10.0 Å². The first-order valence-corrected chi connectivity index (χ1v) is 7.55. The van der Waals surface area contributed by atoms with Crippen LogP contribution in [0.15, 0.2) is 5.11 Å². The molecule has 2 fully saturated rings. The van der Waals surface area contributed by atoms with Gasteiger partial charge in [-0.2, -0.15) is 0 Å². The average molecular weight is 294 g/mol. The van der Waals surface area contributed by atoms with Crippen molar-refractivity contribution in [2.24, 2.45) is 16.4 Å². The minimum Gasteiger partial charge on any atom is -0.481 e. The van der Waals surface area contributed by atoms with Crippen LogP contribution in [0.1, 0.15) is 44.9 Å². The zero-order valence-corrected chi connectivity index (χ0v) is 12.2. The number of amides is 1. The molecule has 0 spiro atoms. The Labute approximate surface area is 123 Å². The Bertz CT molecular complexity index is 453. The first kappa shape index (κ1) is 15.6. The van der Waals surface area contributed by atoms with Gasteiger partial charge in [-0.1, -0.05) is 24.4 Å². The number of carbonyl (C=O) groups excluding carboxylic acids is 1. The summed E-state index contributed by atoms with van der Waals surface area (Å²) in [7, 11) is 0. The summed E-state index contributed by atoms with van der Waals surface area (Å²) in [5.41, 5.74) is 8.08. The van der Waals surface area contributed by atoms with Gasteiger partial charge in [0.15, 0.2) is 0 Å². The largest absolute Gasteiger partial charge is 0.481 e. The normalized spacial score (nSPS) is 24.7. The third-order valence-electron chi connectivity index (χ3n) is 4.66. The van der Waals surface area contributed by atoms with E-state index < -0.39 is 5.97 Å². The topological polar surface area (TPSA) is 106 Å². The first-order valence-electron chi connectivity index (χ1n) is 7.55. The molecule has 7 nitrogen and oxygen atoms in total. The molecule has 1 N–H and O–H groups in total. The lowest BCUT2D eigenvalue weighted by Gasteiger charge is -2.39. The lowest BCUT2D eigenvalue weighted by atomic mass is 9.71. The molecule has 1 saturated carbocycles. The van der Waals surface area contributed by atoms with Crippen molar-refractivity contribution in [2.45, 2.75) is 44.9 Å². The first-order chi connectivity index (χ1) is 10.0. The summed E-state index contributed by atoms with van der Waals surface area (Å²) in [5.74, 6) is -0.656. The van der Waals surface area contributed by atoms with Crippen molar-refractivity contribution in [2.75, 3.05) is 19.6 Å². The standard InChI is InChI=1S/C14H22N4O3/c15-17-16-8-11-6-12(19)18(9-11)10-14(7-13(20)21)4-2-1-3-5-14/h11H,1-10H2,(H,20,21). The van der Waals surface area contributed by atoms with E-state index in [1.807, 2.05) is 0 Å². The van der Waals surface area contributed by atoms with Gasteiger partial charge in [-0.25, -0.2) is 0 Å². The van der Waals surface area contributed by atoms with E-state index in [4.69, 9.17) is 5.53 Å². The number of likely N-dealkylation sites (tertiary alicyclic amines) is 1. The van der Waals surface area contributed by atoms with Gasteiger partial charge in [0, 0.05) is 31.0 Å². The van der Waals surface area contributed by atoms with Crippen LogP contribution in [0.3, 0.4) is 0 Å². The average Bonchev–Trinajstić information content (AvgIpc) is 2.76. The van der Waals surface area contributed by atoms with Crippen molar-refractivity contribution < 1.29 is 14.7 Å². The molecule has 0 aromatic heterocycles. The number of azide groups is 1. The van der Waals surface area contributed by atoms with Crippen LogP contribution in [0.4, 0.5) is 0 Å². The second-order valence-electron chi connectivity index (χ2n) is 6.39. The van der Waals surface area contributed by atoms with Crippen LogP contribution in [0.25, 0.3) is 10.4 Å². The summed E-state index contributed by atoms with van der Waals surface area (Å²) < 4.78 is 0. The van der Waals surface area contributed by atoms with Crippen LogP contribution >= 0.6 is 0 Å². The Kier molecular flexibility index (Phi) is 5.07. The second-order valence-corrected chi connectivity index (χ2v) is 6.39. The zero-order chi connectivity index (χ0) is 15.3. The highest BCUT2D eigenvalue weighted by Crippen LogP contribution is 2.41. The van der Waals surface area contributed by atoms with Crippen molar-refractivity contribution in [1.29, 1.82) is 0 Å². The van der Waals surface area contributed by atoms with Gasteiger partial charge in [0.1, 0.15) is 0 Å². The number of carboxylic acid groups (broad SMARTS) is 1. The number of nitrogens with zero attached hydrogens (tertiary/aromatic N) is 4. The van der Waals surface area contributed by atoms with Gasteiger partial charge in [0.2, 0.25) is 5.91 Å². The molecule has 1 atom stereocenters. The number of rotatable bonds is 6. The monoisotopic (exact) mass is 294 g/mol. The number of aliphatic carboxylic acids is 1. The molecule has 0 radical (unpaired) electrons. The zero-order valence-electron chi connectivity index (χ0n) is 12.2. The van der Waals surface area contributed by atoms with Gasteiger partial charge in [-0.05, 0) is 29.7 Å². The maximum Gasteiger partial charge on any atom is 0.303 e. The van der Waals surface area contributed by atoms with Crippen LogP contribution in [0, 0.1) is 11.3 Å². The Morgan fingerprint density at radius 2 is 2.14 bits per heavy atom. The fraction of sp³-hybridized carbons (Fsp3) is 0.857. The van der Waals surface area contributed by atoms with Gasteiger partial charge >= 0.3 is 5.97 Å². The van der Waals surface area contributed by atoms with E-state index in [0.717, 1.165) is 32.1 Å². The Hall–Kier alpha value is -1.75. The lowest BCUT2D eigenvalue weighted by Crippen LogP contribution is -2.41. The number of carboxylic acids is 1. The molecule has 2 rings (SSSR count). The second kappa shape index (κ2) is 6.80. The molecule has 116 valence electrons. The van der Waals surface area contributed by atoms with E-state index in [-0.39, 0.29) is 23.7 Å². The maximum absolute atomic E-state index is 12.1. The molecule has 2 aliphatic rings. The predicted octanol–water partition coefficient (Wildman–Crippen LogP) is 2.57. The summed E-state index contributed by atoms with van der Waals surface area (Å²) in [5, 5.41) is 12.7. The number of hydrogen-bond acceptors (Lipinski definition) is 3. The smallest absolute Gasteiger partial charge is 0.303 e. The van der Waals surface area contributed by atoms with Crippen molar-refractivity contribution in [3.63, 3.8) is 0 Å². The van der Waals surface area contributed by atoms with Gasteiger partial charge in [-0.15, -0.1) is 0 Å². The van der Waals surface area contributed by atoms with Crippen LogP contribution in [-0.2, 0) is 9.59 Å². The molecule has 1 aliphatic heterocycles. The Balaban J connectivity index is 2.01. The molecule has 0 aromatic rings. The van der Waals surface area contributed by atoms with Gasteiger partial charge in [0.05, 0.1) is 6.42 Å². The van der Waals surface area contributed by atoms with E-state index >= 15 is 0 Å². The molecular weight excluding hydrogens is 272 g/mol. The van der Waals surface area contributed by atoms with E-state index in [1.165, 1.54) is 0 Å². The van der Waals surface area contributed by atoms with Crippen LogP contribution in [0.2, 0.25) is 0 Å². The number of carbonyl (C=O) groups is 2. The molecule has 1 saturated heterocycles. The summed E-state index contributed by atoms with van der Waals surface area (Å²) in [6, 6.07) is 0. The third kappa shape index (κ3) is 4.11. The van der Waals surface area contributed by atoms with Crippen LogP contribution in [-0.4, -0.2) is 41.5 Å². The Morgan fingerprint density at radius 3 is 2.76 bits per heavy atom. The number of hydrogen-bond donors (Lipinski definition) is 1. The van der Waals surface area contributed by atoms with Gasteiger partial charge in [0.25, 0.3) is 0 Å². The van der Waals surface area contributed by atoms with Crippen LogP contribution in [0.5, 0.6) is 0 Å². The minimum absolute atomic E-state index is 0.0588. The van der Waals surface area contributed by atoms with Crippen molar-refractivity contribution in [3.8, 4) is 0 Å². The predicted molar refractivity (Wildman–Crippen MR) is 76.5 cm³/mol. The lowest BCUT2D eigenvalue weighted by molar-refractivity contribution is -0.142. The molecule has 1 unspecified atom stereocenters. The summed E-state index contributed by atoms with van der Waals surface area (Å²) >= 11 is 0. The third-order valence-corrected chi connectivity index (χ3v) is 4.66. The minimum atomic E-state index is -0.783. The van der Waals surface area contributed by atoms with E-state index in [9.17, 15) is 14.7 Å². The molecule has 21 heavy (non-hydrogen) atoms. The summed E-state index contributed by atoms with van der Waals surface area (Å²) in [4.78, 5) is 27.8. The quantitative estimate of drug-likeness (QED) is 0.462. The highest BCUT2D eigenvalue weighted by Gasteiger charge is 2.40. The van der Waals surface area contributed by atoms with E-state index in [1.54, 1.807) is 4.90 Å². The van der Waals surface area contributed by atoms with Crippen molar-refractivity contribution >= 4 is 11.9 Å². The van der Waals surface area contributed by atoms with E-state index in [0.29, 0.717) is 26.1 Å². The van der Waals surface area contributed by atoms with Crippen molar-refractivity contribution in [3.05, 3.63) is 10.4 Å². The Morgan fingerprint density at radius 1 is 1.43 bits per heavy atom. The fourth-order valence-electron chi connectivity index (χ4n) is 3.70. The highest BCUT2D eigenvalue weighted by atomic mass is 16.4.